The number of hydrogen-bond acceptors (Lipinski definition) is 8. The van der Waals surface area contributed by atoms with Crippen LogP contribution >= 0.6 is 11.3 Å². The van der Waals surface area contributed by atoms with Gasteiger partial charge in [-0.15, -0.1) is 11.3 Å². The van der Waals surface area contributed by atoms with Gasteiger partial charge in [0.1, 0.15) is 38.7 Å². The van der Waals surface area contributed by atoms with Gasteiger partial charge in [0.15, 0.2) is 0 Å². The molecule has 1 amide bonds. The van der Waals surface area contributed by atoms with Gasteiger partial charge in [-0.05, 0) is 25.5 Å². The number of amides is 1. The summed E-state index contributed by atoms with van der Waals surface area (Å²) in [5, 5.41) is 13.7. The molecule has 0 atom stereocenters. The molecule has 4 rings (SSSR count). The van der Waals surface area contributed by atoms with E-state index in [0.29, 0.717) is 45.2 Å². The van der Waals surface area contributed by atoms with Gasteiger partial charge in [0.05, 0.1) is 17.6 Å². The molecule has 0 unspecified atom stereocenters. The molecule has 0 spiro atoms. The average molecular weight is 421 g/mol. The number of nitriles is 1. The Morgan fingerprint density at radius 1 is 1.43 bits per heavy atom. The number of nitrogens with zero attached hydrogens (tertiary/aromatic N) is 4. The lowest BCUT2D eigenvalue weighted by Gasteiger charge is -2.12. The molecule has 0 saturated heterocycles. The number of nitrogens with two attached hydrogens (primary N) is 2. The Kier molecular flexibility index (Phi) is 5.12. The predicted octanol–water partition coefficient (Wildman–Crippen LogP) is 3.12. The highest BCUT2D eigenvalue weighted by Gasteiger charge is 2.25. The smallest absolute Gasteiger partial charge is 0.260 e. The Morgan fingerprint density at radius 2 is 2.27 bits per heavy atom. The van der Waals surface area contributed by atoms with E-state index in [-0.39, 0.29) is 10.6 Å². The minimum atomic E-state index is -0.634. The summed E-state index contributed by atoms with van der Waals surface area (Å²) < 4.78 is 7.76. The highest BCUT2D eigenvalue weighted by atomic mass is 32.1. The first-order chi connectivity index (χ1) is 14.5. The van der Waals surface area contributed by atoms with Crippen molar-refractivity contribution >= 4 is 39.0 Å². The lowest BCUT2D eigenvalue weighted by Crippen LogP contribution is -2.10. The molecule has 4 heterocycles. The molecule has 0 bridgehead atoms. The van der Waals surface area contributed by atoms with Gasteiger partial charge in [0.25, 0.3) is 5.91 Å². The Morgan fingerprint density at radius 3 is 2.90 bits per heavy atom. The summed E-state index contributed by atoms with van der Waals surface area (Å²) in [7, 11) is 0. The number of fused-ring (bicyclic) bond motifs is 1. The van der Waals surface area contributed by atoms with Gasteiger partial charge in [0, 0.05) is 30.9 Å². The van der Waals surface area contributed by atoms with Crippen molar-refractivity contribution in [1.29, 1.82) is 5.26 Å². The van der Waals surface area contributed by atoms with E-state index in [9.17, 15) is 10.1 Å². The largest absolute Gasteiger partial charge is 0.461 e. The molecule has 30 heavy (non-hydrogen) atoms. The van der Waals surface area contributed by atoms with Crippen LogP contribution in [0, 0.1) is 18.3 Å². The number of carbonyl (C=O) groups is 1. The molecule has 5 N–H and O–H groups in total. The molecule has 0 radical (unpaired) electrons. The fraction of sp³-hybridized carbons (Fsp3) is 0.200. The Labute approximate surface area is 175 Å². The van der Waals surface area contributed by atoms with Crippen molar-refractivity contribution in [3.63, 3.8) is 0 Å². The van der Waals surface area contributed by atoms with Crippen molar-refractivity contribution < 1.29 is 9.21 Å². The fourth-order valence-electron chi connectivity index (χ4n) is 3.28. The number of thiophene rings is 1. The van der Waals surface area contributed by atoms with Gasteiger partial charge in [-0.3, -0.25) is 4.79 Å². The molecule has 0 aromatic carbocycles. The molecule has 152 valence electrons. The predicted molar refractivity (Wildman–Crippen MR) is 115 cm³/mol. The van der Waals surface area contributed by atoms with Crippen LogP contribution in [0.2, 0.25) is 0 Å². The van der Waals surface area contributed by atoms with E-state index in [2.05, 4.69) is 21.4 Å². The third kappa shape index (κ3) is 3.46. The van der Waals surface area contributed by atoms with Crippen molar-refractivity contribution in [3.8, 4) is 17.4 Å². The summed E-state index contributed by atoms with van der Waals surface area (Å²) in [4.78, 5) is 21.1. The van der Waals surface area contributed by atoms with E-state index < -0.39 is 5.91 Å². The number of aryl methyl sites for hydroxylation is 2. The van der Waals surface area contributed by atoms with Crippen LogP contribution in [0.1, 0.15) is 27.4 Å². The minimum absolute atomic E-state index is 0.210. The van der Waals surface area contributed by atoms with Gasteiger partial charge in [-0.1, -0.05) is 0 Å². The summed E-state index contributed by atoms with van der Waals surface area (Å²) in [5.74, 6) is 0.957. The molecule has 4 aromatic heterocycles. The van der Waals surface area contributed by atoms with Crippen LogP contribution in [0.15, 0.2) is 35.3 Å². The third-order valence-corrected chi connectivity index (χ3v) is 5.76. The molecule has 4 aromatic rings. The second-order valence-electron chi connectivity index (χ2n) is 6.70. The first kappa shape index (κ1) is 19.5. The van der Waals surface area contributed by atoms with E-state index >= 15 is 0 Å². The number of rotatable bonds is 7. The number of pyridine rings is 1. The zero-order valence-corrected chi connectivity index (χ0v) is 17.0. The quantitative estimate of drug-likeness (QED) is 0.388. The SMILES string of the molecule is Cc1ccc(-c2c(C#N)c(NCCCn3ccnc3)nc3sc(C(N)=O)c(N)c23)o1. The summed E-state index contributed by atoms with van der Waals surface area (Å²) in [6.07, 6.45) is 6.17. The molecular weight excluding hydrogens is 402 g/mol. The van der Waals surface area contributed by atoms with Gasteiger partial charge in [0.2, 0.25) is 0 Å². The number of nitrogen functional groups attached to an aromatic ring is 1. The molecule has 0 aliphatic carbocycles. The number of hydrogen-bond donors (Lipinski definition) is 3. The third-order valence-electron chi connectivity index (χ3n) is 4.64. The highest BCUT2D eigenvalue weighted by molar-refractivity contribution is 7.21. The molecule has 0 saturated carbocycles. The Balaban J connectivity index is 1.78. The monoisotopic (exact) mass is 421 g/mol. The molecule has 0 aliphatic heterocycles. The van der Waals surface area contributed by atoms with Crippen LogP contribution in [-0.4, -0.2) is 27.0 Å². The van der Waals surface area contributed by atoms with Gasteiger partial charge in [-0.2, -0.15) is 5.26 Å². The first-order valence-electron chi connectivity index (χ1n) is 9.22. The van der Waals surface area contributed by atoms with E-state index in [0.717, 1.165) is 24.3 Å². The van der Waals surface area contributed by atoms with Crippen LogP contribution < -0.4 is 16.8 Å². The van der Waals surface area contributed by atoms with Crippen molar-refractivity contribution in [2.24, 2.45) is 5.73 Å². The highest BCUT2D eigenvalue weighted by Crippen LogP contribution is 2.43. The number of nitrogens with one attached hydrogen (secondary N) is 1. The van der Waals surface area contributed by atoms with E-state index in [4.69, 9.17) is 15.9 Å². The second kappa shape index (κ2) is 7.88. The second-order valence-corrected chi connectivity index (χ2v) is 7.70. The van der Waals surface area contributed by atoms with E-state index in [1.165, 1.54) is 0 Å². The maximum absolute atomic E-state index is 11.8. The number of carbonyl (C=O) groups excluding carboxylic acids is 1. The number of imidazole rings is 1. The summed E-state index contributed by atoms with van der Waals surface area (Å²) in [6.45, 7) is 3.18. The van der Waals surface area contributed by atoms with Gasteiger partial charge >= 0.3 is 0 Å². The zero-order valence-electron chi connectivity index (χ0n) is 16.2. The van der Waals surface area contributed by atoms with Crippen LogP contribution in [0.3, 0.4) is 0 Å². The normalized spacial score (nSPS) is 10.9. The maximum Gasteiger partial charge on any atom is 0.260 e. The molecular formula is C20H19N7O2S. The summed E-state index contributed by atoms with van der Waals surface area (Å²) in [5.41, 5.74) is 12.7. The van der Waals surface area contributed by atoms with Crippen molar-refractivity contribution in [2.45, 2.75) is 19.9 Å². The topological polar surface area (TPSA) is 149 Å². The van der Waals surface area contributed by atoms with Crippen LogP contribution in [0.5, 0.6) is 0 Å². The maximum atomic E-state index is 11.8. The standard InChI is InChI=1S/C20H19N7O2S/c1-11-3-4-13(29-11)14-12(9-21)19(25-5-2-7-27-8-6-24-10-27)26-20-15(14)16(22)17(30-20)18(23)28/h3-4,6,8,10H,2,5,7,22H2,1H3,(H2,23,28)(H,25,26). The minimum Gasteiger partial charge on any atom is -0.461 e. The number of anilines is 2. The van der Waals surface area contributed by atoms with E-state index in [1.54, 1.807) is 24.7 Å². The van der Waals surface area contributed by atoms with E-state index in [1.807, 2.05) is 17.7 Å². The number of furan rings is 1. The number of primary amides is 1. The Hall–Kier alpha value is -3.84. The van der Waals surface area contributed by atoms with Gasteiger partial charge in [-0.25, -0.2) is 9.97 Å². The average Bonchev–Trinajstić information content (AvgIpc) is 3.45. The van der Waals surface area contributed by atoms with Gasteiger partial charge < -0.3 is 25.8 Å². The molecule has 0 aliphatic rings. The lowest BCUT2D eigenvalue weighted by molar-refractivity contribution is 0.100. The van der Waals surface area contributed by atoms with Crippen molar-refractivity contribution in [3.05, 3.63) is 47.1 Å². The van der Waals surface area contributed by atoms with Crippen molar-refractivity contribution in [1.82, 2.24) is 14.5 Å². The van der Waals surface area contributed by atoms with Crippen LogP contribution in [-0.2, 0) is 6.54 Å². The van der Waals surface area contributed by atoms with Crippen LogP contribution in [0.4, 0.5) is 11.5 Å². The summed E-state index contributed by atoms with van der Waals surface area (Å²) in [6, 6.07) is 5.79. The van der Waals surface area contributed by atoms with Crippen molar-refractivity contribution in [2.75, 3.05) is 17.6 Å². The Bertz CT molecular complexity index is 1260. The lowest BCUT2D eigenvalue weighted by atomic mass is 10.0. The molecule has 9 nitrogen and oxygen atoms in total. The molecule has 0 fully saturated rings. The first-order valence-corrected chi connectivity index (χ1v) is 10.0. The zero-order chi connectivity index (χ0) is 21.3. The fourth-order valence-corrected chi connectivity index (χ4v) is 4.23. The summed E-state index contributed by atoms with van der Waals surface area (Å²) >= 11 is 1.10. The molecule has 10 heteroatoms. The van der Waals surface area contributed by atoms with Crippen LogP contribution in [0.25, 0.3) is 21.5 Å². The number of aromatic nitrogens is 3.